The van der Waals surface area contributed by atoms with Gasteiger partial charge in [-0.25, -0.2) is 0 Å². The molecular weight excluding hydrogens is 324 g/mol. The average Bonchev–Trinajstić information content (AvgIpc) is 2.68. The molecule has 4 heteroatoms. The van der Waals surface area contributed by atoms with Gasteiger partial charge >= 0.3 is 0 Å². The van der Waals surface area contributed by atoms with Crippen LogP contribution in [0.3, 0.4) is 0 Å². The SMILES string of the molecule is CCN(CCCCN1CCCCC1C=O)C(C)Cc1ccc(OC)cc1. The van der Waals surface area contributed by atoms with Crippen LogP contribution in [0.5, 0.6) is 5.75 Å². The van der Waals surface area contributed by atoms with Gasteiger partial charge in [0, 0.05) is 6.04 Å². The van der Waals surface area contributed by atoms with Crippen LogP contribution in [0.25, 0.3) is 0 Å². The summed E-state index contributed by atoms with van der Waals surface area (Å²) in [6.07, 6.45) is 8.07. The van der Waals surface area contributed by atoms with Gasteiger partial charge in [-0.2, -0.15) is 0 Å². The maximum absolute atomic E-state index is 11.2. The first kappa shape index (κ1) is 20.9. The van der Waals surface area contributed by atoms with Crippen LogP contribution in [-0.2, 0) is 11.2 Å². The Labute approximate surface area is 159 Å². The topological polar surface area (TPSA) is 32.8 Å². The van der Waals surface area contributed by atoms with Crippen molar-refractivity contribution in [3.8, 4) is 5.75 Å². The third-order valence-electron chi connectivity index (χ3n) is 5.68. The van der Waals surface area contributed by atoms with Crippen LogP contribution in [0.2, 0.25) is 0 Å². The molecular formula is C22H36N2O2. The summed E-state index contributed by atoms with van der Waals surface area (Å²) >= 11 is 0. The minimum absolute atomic E-state index is 0.167. The lowest BCUT2D eigenvalue weighted by Crippen LogP contribution is -2.41. The first-order valence-corrected chi connectivity index (χ1v) is 10.2. The lowest BCUT2D eigenvalue weighted by molar-refractivity contribution is -0.113. The molecule has 0 radical (unpaired) electrons. The molecule has 0 bridgehead atoms. The number of nitrogens with zero attached hydrogens (tertiary/aromatic N) is 2. The van der Waals surface area contributed by atoms with Gasteiger partial charge in [0.15, 0.2) is 0 Å². The Kier molecular flexibility index (Phi) is 9.13. The number of likely N-dealkylation sites (N-methyl/N-ethyl adjacent to an activating group) is 1. The van der Waals surface area contributed by atoms with Crippen LogP contribution in [0.4, 0.5) is 0 Å². The zero-order valence-electron chi connectivity index (χ0n) is 16.8. The van der Waals surface area contributed by atoms with E-state index in [2.05, 4.69) is 35.8 Å². The average molecular weight is 361 g/mol. The van der Waals surface area contributed by atoms with Crippen molar-refractivity contribution >= 4 is 6.29 Å². The quantitative estimate of drug-likeness (QED) is 0.444. The van der Waals surface area contributed by atoms with E-state index in [0.29, 0.717) is 6.04 Å². The van der Waals surface area contributed by atoms with E-state index in [-0.39, 0.29) is 6.04 Å². The van der Waals surface area contributed by atoms with Crippen LogP contribution in [0, 0.1) is 0 Å². The van der Waals surface area contributed by atoms with Gasteiger partial charge in [-0.05, 0) is 82.9 Å². The van der Waals surface area contributed by atoms with Crippen molar-refractivity contribution in [3.63, 3.8) is 0 Å². The number of unbranched alkanes of at least 4 members (excludes halogenated alkanes) is 1. The van der Waals surface area contributed by atoms with E-state index in [1.165, 1.54) is 31.2 Å². The zero-order chi connectivity index (χ0) is 18.8. The summed E-state index contributed by atoms with van der Waals surface area (Å²) < 4.78 is 5.24. The normalized spacial score (nSPS) is 19.5. The van der Waals surface area contributed by atoms with Gasteiger partial charge in [-0.15, -0.1) is 0 Å². The summed E-state index contributed by atoms with van der Waals surface area (Å²) in [7, 11) is 1.71. The Bertz CT molecular complexity index is 517. The standard InChI is InChI=1S/C22H36N2O2/c1-4-23(19(2)17-20-10-12-22(26-3)13-11-20)14-7-8-16-24-15-6-5-9-21(24)18-25/h10-13,18-19,21H,4-9,14-17H2,1-3H3. The number of aldehydes is 1. The summed E-state index contributed by atoms with van der Waals surface area (Å²) in [4.78, 5) is 16.2. The summed E-state index contributed by atoms with van der Waals surface area (Å²) in [6, 6.07) is 9.12. The van der Waals surface area contributed by atoms with E-state index >= 15 is 0 Å². The molecule has 4 nitrogen and oxygen atoms in total. The van der Waals surface area contributed by atoms with Gasteiger partial charge in [0.25, 0.3) is 0 Å². The van der Waals surface area contributed by atoms with Crippen LogP contribution in [0.1, 0.15) is 51.5 Å². The van der Waals surface area contributed by atoms with Crippen molar-refractivity contribution in [2.45, 2.75) is 64.5 Å². The molecule has 1 aromatic carbocycles. The molecule has 1 aliphatic heterocycles. The van der Waals surface area contributed by atoms with Crippen molar-refractivity contribution < 1.29 is 9.53 Å². The maximum Gasteiger partial charge on any atom is 0.137 e. The molecule has 1 fully saturated rings. The third kappa shape index (κ3) is 6.40. The van der Waals surface area contributed by atoms with Crippen LogP contribution in [0.15, 0.2) is 24.3 Å². The van der Waals surface area contributed by atoms with Crippen molar-refractivity contribution in [2.24, 2.45) is 0 Å². The number of methoxy groups -OCH3 is 1. The second kappa shape index (κ2) is 11.3. The molecule has 146 valence electrons. The molecule has 2 unspecified atom stereocenters. The number of ether oxygens (including phenoxy) is 1. The molecule has 26 heavy (non-hydrogen) atoms. The predicted octanol–water partition coefficient (Wildman–Crippen LogP) is 3.78. The van der Waals surface area contributed by atoms with Crippen molar-refractivity contribution in [3.05, 3.63) is 29.8 Å². The molecule has 0 saturated carbocycles. The van der Waals surface area contributed by atoms with E-state index in [0.717, 1.165) is 51.1 Å². The van der Waals surface area contributed by atoms with Crippen molar-refractivity contribution in [1.29, 1.82) is 0 Å². The predicted molar refractivity (Wildman–Crippen MR) is 108 cm³/mol. The van der Waals surface area contributed by atoms with Gasteiger partial charge in [-0.3, -0.25) is 4.90 Å². The third-order valence-corrected chi connectivity index (χ3v) is 5.68. The number of piperidine rings is 1. The lowest BCUT2D eigenvalue weighted by atomic mass is 10.0. The molecule has 2 atom stereocenters. The highest BCUT2D eigenvalue weighted by molar-refractivity contribution is 5.57. The molecule has 0 N–H and O–H groups in total. The number of hydrogen-bond donors (Lipinski definition) is 0. The summed E-state index contributed by atoms with van der Waals surface area (Å²) in [5, 5.41) is 0. The van der Waals surface area contributed by atoms with Gasteiger partial charge < -0.3 is 14.4 Å². The van der Waals surface area contributed by atoms with Crippen molar-refractivity contribution in [2.75, 3.05) is 33.3 Å². The Morgan fingerprint density at radius 2 is 2.04 bits per heavy atom. The second-order valence-corrected chi connectivity index (χ2v) is 7.47. The monoisotopic (exact) mass is 360 g/mol. The highest BCUT2D eigenvalue weighted by atomic mass is 16.5. The molecule has 1 saturated heterocycles. The van der Waals surface area contributed by atoms with E-state index in [1.807, 2.05) is 12.1 Å². The zero-order valence-corrected chi connectivity index (χ0v) is 16.8. The molecule has 2 rings (SSSR count). The Morgan fingerprint density at radius 1 is 1.27 bits per heavy atom. The number of rotatable bonds is 11. The fourth-order valence-electron chi connectivity index (χ4n) is 4.00. The van der Waals surface area contributed by atoms with Gasteiger partial charge in [0.05, 0.1) is 13.2 Å². The summed E-state index contributed by atoms with van der Waals surface area (Å²) in [5.74, 6) is 0.917. The fourth-order valence-corrected chi connectivity index (χ4v) is 4.00. The minimum atomic E-state index is 0.167. The highest BCUT2D eigenvalue weighted by Crippen LogP contribution is 2.17. The minimum Gasteiger partial charge on any atom is -0.497 e. The van der Waals surface area contributed by atoms with Crippen LogP contribution in [-0.4, -0.2) is 61.5 Å². The van der Waals surface area contributed by atoms with E-state index in [4.69, 9.17) is 4.74 Å². The lowest BCUT2D eigenvalue weighted by Gasteiger charge is -2.33. The molecule has 0 spiro atoms. The number of hydrogen-bond acceptors (Lipinski definition) is 4. The first-order valence-electron chi connectivity index (χ1n) is 10.2. The van der Waals surface area contributed by atoms with E-state index in [9.17, 15) is 4.79 Å². The molecule has 0 amide bonds. The largest absolute Gasteiger partial charge is 0.497 e. The highest BCUT2D eigenvalue weighted by Gasteiger charge is 2.21. The maximum atomic E-state index is 11.2. The summed E-state index contributed by atoms with van der Waals surface area (Å²) in [6.45, 7) is 8.94. The molecule has 1 aromatic rings. The van der Waals surface area contributed by atoms with Crippen LogP contribution < -0.4 is 4.74 Å². The van der Waals surface area contributed by atoms with Crippen LogP contribution >= 0.6 is 0 Å². The van der Waals surface area contributed by atoms with Gasteiger partial charge in [0.1, 0.15) is 12.0 Å². The molecule has 0 aliphatic carbocycles. The molecule has 1 heterocycles. The molecule has 1 aliphatic rings. The number of benzene rings is 1. The first-order chi connectivity index (χ1) is 12.7. The van der Waals surface area contributed by atoms with Crippen molar-refractivity contribution in [1.82, 2.24) is 9.80 Å². The van der Waals surface area contributed by atoms with Gasteiger partial charge in [-0.1, -0.05) is 25.5 Å². The molecule has 0 aromatic heterocycles. The summed E-state index contributed by atoms with van der Waals surface area (Å²) in [5.41, 5.74) is 1.36. The Morgan fingerprint density at radius 3 is 2.69 bits per heavy atom. The van der Waals surface area contributed by atoms with E-state index < -0.39 is 0 Å². The second-order valence-electron chi connectivity index (χ2n) is 7.47. The number of carbonyl (C=O) groups is 1. The van der Waals surface area contributed by atoms with E-state index in [1.54, 1.807) is 7.11 Å². The number of carbonyl (C=O) groups excluding carboxylic acids is 1. The number of likely N-dealkylation sites (tertiary alicyclic amines) is 1. The Hall–Kier alpha value is -1.39. The fraction of sp³-hybridized carbons (Fsp3) is 0.682. The van der Waals surface area contributed by atoms with Gasteiger partial charge in [0.2, 0.25) is 0 Å². The smallest absolute Gasteiger partial charge is 0.137 e. The Balaban J connectivity index is 1.72.